The van der Waals surface area contributed by atoms with Crippen LogP contribution in [0, 0.1) is 0 Å². The smallest absolute Gasteiger partial charge is 0.298 e. The van der Waals surface area contributed by atoms with Crippen LogP contribution in [0.15, 0.2) is 60.7 Å². The largest absolute Gasteiger partial charge is 0.394 e. The second-order valence-corrected chi connectivity index (χ2v) is 6.65. The molecule has 1 N–H and O–H groups in total. The van der Waals surface area contributed by atoms with Gasteiger partial charge < -0.3 is 0 Å². The van der Waals surface area contributed by atoms with Gasteiger partial charge in [0.05, 0.1) is 6.61 Å². The third kappa shape index (κ3) is 2.72. The lowest BCUT2D eigenvalue weighted by Crippen LogP contribution is -2.31. The Hall–Kier alpha value is -1.77. The van der Waals surface area contributed by atoms with E-state index in [1.54, 1.807) is 0 Å². The average molecular weight is 288 g/mol. The second kappa shape index (κ2) is 5.70. The van der Waals surface area contributed by atoms with E-state index in [-0.39, 0.29) is 0 Å². The lowest BCUT2D eigenvalue weighted by Gasteiger charge is -2.36. The van der Waals surface area contributed by atoms with Crippen LogP contribution in [0.25, 0.3) is 0 Å². The Bertz CT molecular complexity index is 604. The van der Waals surface area contributed by atoms with Gasteiger partial charge in [-0.3, -0.25) is 14.3 Å². The quantitative estimate of drug-likeness (QED) is 0.862. The van der Waals surface area contributed by atoms with Crippen molar-refractivity contribution in [1.82, 2.24) is 0 Å². The third-order valence-corrected chi connectivity index (χ3v) is 5.34. The minimum Gasteiger partial charge on any atom is -0.298 e. The first kappa shape index (κ1) is 13.2. The summed E-state index contributed by atoms with van der Waals surface area (Å²) in [6, 6.07) is 19.3. The Balaban J connectivity index is 1.90. The maximum atomic E-state index is 13.1. The third-order valence-electron chi connectivity index (χ3n) is 3.20. The fraction of sp³-hybridized carbons (Fsp3) is 0.200. The molecule has 1 atom stereocenters. The van der Waals surface area contributed by atoms with E-state index >= 15 is 0 Å². The predicted octanol–water partition coefficient (Wildman–Crippen LogP) is 4.13. The Labute approximate surface area is 118 Å². The van der Waals surface area contributed by atoms with Crippen LogP contribution in [0.1, 0.15) is 6.42 Å². The first-order valence-electron chi connectivity index (χ1n) is 6.69. The van der Waals surface area contributed by atoms with Gasteiger partial charge in [-0.2, -0.15) is 0 Å². The monoisotopic (exact) mass is 288 g/mol. The molecule has 1 aliphatic rings. The van der Waals surface area contributed by atoms with Gasteiger partial charge in [0, 0.05) is 17.9 Å². The molecule has 0 spiro atoms. The van der Waals surface area contributed by atoms with Crippen molar-refractivity contribution in [2.75, 3.05) is 22.9 Å². The van der Waals surface area contributed by atoms with Crippen molar-refractivity contribution in [2.45, 2.75) is 6.42 Å². The first-order chi connectivity index (χ1) is 9.78. The summed E-state index contributed by atoms with van der Waals surface area (Å²) in [4.78, 5) is 0. The standard InChI is InChI=1S/C15H17N2O2P/c18-20(16-14-8-3-1-4-9-14)17(12-7-13-19-20)15-10-5-2-6-11-15/h1-6,8-11H,7,12-13H2,(H,16,18)/t20-/m1/s1. The topological polar surface area (TPSA) is 41.6 Å². The highest BCUT2D eigenvalue weighted by Gasteiger charge is 2.35. The van der Waals surface area contributed by atoms with Crippen LogP contribution < -0.4 is 9.76 Å². The van der Waals surface area contributed by atoms with Gasteiger partial charge in [0.25, 0.3) is 0 Å². The van der Waals surface area contributed by atoms with Crippen molar-refractivity contribution in [2.24, 2.45) is 0 Å². The van der Waals surface area contributed by atoms with Crippen molar-refractivity contribution in [3.05, 3.63) is 60.7 Å². The van der Waals surface area contributed by atoms with E-state index in [1.807, 2.05) is 65.3 Å². The van der Waals surface area contributed by atoms with Gasteiger partial charge in [0.2, 0.25) is 0 Å². The first-order valence-corrected chi connectivity index (χ1v) is 8.27. The minimum absolute atomic E-state index is 0.514. The maximum absolute atomic E-state index is 13.1. The number of rotatable bonds is 3. The molecule has 3 rings (SSSR count). The molecule has 2 aromatic rings. The van der Waals surface area contributed by atoms with E-state index in [4.69, 9.17) is 4.52 Å². The fourth-order valence-electron chi connectivity index (χ4n) is 2.25. The molecule has 104 valence electrons. The highest BCUT2D eigenvalue weighted by atomic mass is 31.2. The Morgan fingerprint density at radius 3 is 2.35 bits per heavy atom. The van der Waals surface area contributed by atoms with Crippen molar-refractivity contribution >= 4 is 19.0 Å². The molecule has 4 nitrogen and oxygen atoms in total. The molecule has 0 aliphatic carbocycles. The van der Waals surface area contributed by atoms with Crippen molar-refractivity contribution < 1.29 is 9.09 Å². The highest BCUT2D eigenvalue weighted by molar-refractivity contribution is 7.62. The molecule has 1 heterocycles. The molecule has 0 amide bonds. The predicted molar refractivity (Wildman–Crippen MR) is 82.0 cm³/mol. The zero-order valence-electron chi connectivity index (χ0n) is 11.1. The van der Waals surface area contributed by atoms with Gasteiger partial charge in [0.15, 0.2) is 0 Å². The summed E-state index contributed by atoms with van der Waals surface area (Å²) in [6.45, 7) is 1.24. The highest BCUT2D eigenvalue weighted by Crippen LogP contribution is 2.54. The van der Waals surface area contributed by atoms with E-state index < -0.39 is 7.67 Å². The van der Waals surface area contributed by atoms with Crippen LogP contribution in [0.2, 0.25) is 0 Å². The van der Waals surface area contributed by atoms with Gasteiger partial charge in [0.1, 0.15) is 0 Å². The van der Waals surface area contributed by atoms with E-state index in [2.05, 4.69) is 5.09 Å². The summed E-state index contributed by atoms with van der Waals surface area (Å²) in [5.74, 6) is 0. The normalized spacial score (nSPS) is 22.5. The van der Waals surface area contributed by atoms with Crippen LogP contribution in [-0.4, -0.2) is 13.2 Å². The number of para-hydroxylation sites is 2. The second-order valence-electron chi connectivity index (χ2n) is 4.64. The Morgan fingerprint density at radius 1 is 1.00 bits per heavy atom. The molecule has 20 heavy (non-hydrogen) atoms. The molecule has 1 aliphatic heterocycles. The number of hydrogen-bond acceptors (Lipinski definition) is 2. The Kier molecular flexibility index (Phi) is 3.77. The molecule has 2 aromatic carbocycles. The Morgan fingerprint density at radius 2 is 1.65 bits per heavy atom. The lowest BCUT2D eigenvalue weighted by molar-refractivity contribution is 0.292. The number of nitrogens with zero attached hydrogens (tertiary/aromatic N) is 1. The molecule has 5 heteroatoms. The summed E-state index contributed by atoms with van der Waals surface area (Å²) >= 11 is 0. The number of nitrogens with one attached hydrogen (secondary N) is 1. The summed E-state index contributed by atoms with van der Waals surface area (Å²) in [5.41, 5.74) is 1.72. The van der Waals surface area contributed by atoms with Gasteiger partial charge >= 0.3 is 7.67 Å². The van der Waals surface area contributed by atoms with Crippen LogP contribution >= 0.6 is 7.67 Å². The SMILES string of the molecule is O=[P@]1(Nc2ccccc2)OCCCN1c1ccccc1. The minimum atomic E-state index is -3.08. The van der Waals surface area contributed by atoms with E-state index in [0.717, 1.165) is 24.3 Å². The molecule has 0 bridgehead atoms. The number of anilines is 2. The number of hydrogen-bond donors (Lipinski definition) is 1. The summed E-state index contributed by atoms with van der Waals surface area (Å²) < 4.78 is 20.6. The van der Waals surface area contributed by atoms with E-state index in [9.17, 15) is 4.57 Å². The van der Waals surface area contributed by atoms with E-state index in [1.165, 1.54) is 0 Å². The van der Waals surface area contributed by atoms with Crippen molar-refractivity contribution in [1.29, 1.82) is 0 Å². The fourth-order valence-corrected chi connectivity index (χ4v) is 4.27. The molecule has 1 fully saturated rings. The van der Waals surface area contributed by atoms with E-state index in [0.29, 0.717) is 6.61 Å². The average Bonchev–Trinajstić information content (AvgIpc) is 2.49. The van der Waals surface area contributed by atoms with Crippen molar-refractivity contribution in [3.8, 4) is 0 Å². The zero-order chi connectivity index (χ0) is 13.8. The summed E-state index contributed by atoms with van der Waals surface area (Å²) in [7, 11) is -3.08. The molecule has 0 saturated carbocycles. The zero-order valence-corrected chi connectivity index (χ0v) is 12.0. The van der Waals surface area contributed by atoms with Crippen LogP contribution in [0.3, 0.4) is 0 Å². The van der Waals surface area contributed by atoms with Crippen LogP contribution in [-0.2, 0) is 9.09 Å². The lowest BCUT2D eigenvalue weighted by atomic mass is 10.3. The van der Waals surface area contributed by atoms with Gasteiger partial charge in [-0.1, -0.05) is 36.4 Å². The number of benzene rings is 2. The summed E-state index contributed by atoms with van der Waals surface area (Å²) in [6.07, 6.45) is 0.870. The van der Waals surface area contributed by atoms with Gasteiger partial charge in [-0.25, -0.2) is 4.57 Å². The molecular weight excluding hydrogens is 271 g/mol. The molecular formula is C15H17N2O2P. The summed E-state index contributed by atoms with van der Waals surface area (Å²) in [5, 5.41) is 3.07. The molecule has 1 saturated heterocycles. The van der Waals surface area contributed by atoms with Crippen LogP contribution in [0.4, 0.5) is 11.4 Å². The molecule has 0 aromatic heterocycles. The molecule has 0 unspecified atom stereocenters. The molecule has 0 radical (unpaired) electrons. The van der Waals surface area contributed by atoms with Gasteiger partial charge in [-0.05, 0) is 30.7 Å². The van der Waals surface area contributed by atoms with Gasteiger partial charge in [-0.15, -0.1) is 0 Å². The van der Waals surface area contributed by atoms with Crippen molar-refractivity contribution in [3.63, 3.8) is 0 Å². The maximum Gasteiger partial charge on any atom is 0.394 e. The van der Waals surface area contributed by atoms with Crippen LogP contribution in [0.5, 0.6) is 0 Å².